The van der Waals surface area contributed by atoms with Crippen molar-refractivity contribution in [1.82, 2.24) is 4.57 Å². The zero-order valence-corrected chi connectivity index (χ0v) is 17.1. The van der Waals surface area contributed by atoms with Crippen molar-refractivity contribution in [2.24, 2.45) is 0 Å². The molecule has 0 aliphatic heterocycles. The van der Waals surface area contributed by atoms with Crippen molar-refractivity contribution in [2.75, 3.05) is 0 Å². The Bertz CT molecular complexity index is 972. The molecule has 0 aliphatic rings. The highest BCUT2D eigenvalue weighted by Gasteiger charge is 2.11. The molecule has 0 atom stereocenters. The summed E-state index contributed by atoms with van der Waals surface area (Å²) in [6, 6.07) is 20.5. The van der Waals surface area contributed by atoms with E-state index in [1.165, 1.54) is 0 Å². The van der Waals surface area contributed by atoms with Crippen LogP contribution in [0.4, 0.5) is 0 Å². The molecular weight excluding hydrogens is 440 g/mol. The third-order valence-electron chi connectivity index (χ3n) is 4.13. The van der Waals surface area contributed by atoms with E-state index in [0.717, 1.165) is 37.1 Å². The summed E-state index contributed by atoms with van der Waals surface area (Å²) in [5, 5.41) is 9.58. The lowest BCUT2D eigenvalue weighted by Crippen LogP contribution is -1.98. The van der Waals surface area contributed by atoms with Gasteiger partial charge in [0.05, 0.1) is 11.6 Å². The van der Waals surface area contributed by atoms with Crippen molar-refractivity contribution in [2.45, 2.75) is 13.8 Å². The quantitative estimate of drug-likeness (QED) is 0.404. The van der Waals surface area contributed by atoms with E-state index in [-0.39, 0.29) is 0 Å². The fourth-order valence-corrected chi connectivity index (χ4v) is 3.41. The maximum Gasteiger partial charge on any atom is 0.0998 e. The molecule has 0 saturated heterocycles. The minimum Gasteiger partial charge on any atom is -0.318 e. The highest BCUT2D eigenvalue weighted by Crippen LogP contribution is 2.26. The molecule has 2 nitrogen and oxygen atoms in total. The first-order valence-electron chi connectivity index (χ1n) is 7.82. The van der Waals surface area contributed by atoms with Crippen LogP contribution in [0.5, 0.6) is 0 Å². The number of aromatic nitrogens is 1. The number of aryl methyl sites for hydroxylation is 1. The molecule has 0 bridgehead atoms. The van der Waals surface area contributed by atoms with Gasteiger partial charge in [-0.2, -0.15) is 5.26 Å². The Morgan fingerprint density at radius 2 is 1.52 bits per heavy atom. The number of hydrogen-bond donors (Lipinski definition) is 0. The van der Waals surface area contributed by atoms with Crippen LogP contribution >= 0.6 is 31.9 Å². The lowest BCUT2D eigenvalue weighted by molar-refractivity contribution is 0.964. The van der Waals surface area contributed by atoms with Gasteiger partial charge in [-0.15, -0.1) is 0 Å². The van der Waals surface area contributed by atoms with E-state index in [0.29, 0.717) is 5.57 Å². The van der Waals surface area contributed by atoms with Crippen LogP contribution in [0.3, 0.4) is 0 Å². The summed E-state index contributed by atoms with van der Waals surface area (Å²) < 4.78 is 4.26. The summed E-state index contributed by atoms with van der Waals surface area (Å²) in [5.74, 6) is 0. The van der Waals surface area contributed by atoms with E-state index in [1.54, 1.807) is 0 Å². The molecule has 1 aromatic heterocycles. The number of benzene rings is 2. The van der Waals surface area contributed by atoms with Gasteiger partial charge in [0, 0.05) is 26.0 Å². The van der Waals surface area contributed by atoms with Crippen LogP contribution in [0.25, 0.3) is 17.3 Å². The first kappa shape index (κ1) is 17.7. The van der Waals surface area contributed by atoms with Crippen LogP contribution in [0, 0.1) is 25.2 Å². The molecule has 0 radical (unpaired) electrons. The summed E-state index contributed by atoms with van der Waals surface area (Å²) in [7, 11) is 0. The smallest absolute Gasteiger partial charge is 0.0998 e. The zero-order valence-electron chi connectivity index (χ0n) is 13.9. The van der Waals surface area contributed by atoms with Gasteiger partial charge >= 0.3 is 0 Å². The lowest BCUT2D eigenvalue weighted by atomic mass is 10.0. The van der Waals surface area contributed by atoms with Gasteiger partial charge in [0.2, 0.25) is 0 Å². The molecule has 0 unspecified atom stereocenters. The van der Waals surface area contributed by atoms with Crippen LogP contribution in [0.1, 0.15) is 22.5 Å². The Morgan fingerprint density at radius 1 is 0.960 bits per heavy atom. The van der Waals surface area contributed by atoms with Gasteiger partial charge in [-0.1, -0.05) is 44.0 Å². The normalized spacial score (nSPS) is 11.4. The largest absolute Gasteiger partial charge is 0.318 e. The summed E-state index contributed by atoms with van der Waals surface area (Å²) in [6.45, 7) is 4.16. The monoisotopic (exact) mass is 454 g/mol. The maximum absolute atomic E-state index is 9.58. The van der Waals surface area contributed by atoms with Gasteiger partial charge in [-0.25, -0.2) is 0 Å². The second-order valence-corrected chi connectivity index (χ2v) is 7.65. The minimum atomic E-state index is 0.656. The lowest BCUT2D eigenvalue weighted by Gasteiger charge is -2.09. The van der Waals surface area contributed by atoms with Crippen molar-refractivity contribution in [3.8, 4) is 11.8 Å². The van der Waals surface area contributed by atoms with Gasteiger partial charge in [0.25, 0.3) is 0 Å². The molecule has 0 N–H and O–H groups in total. The Hall–Kier alpha value is -2.09. The van der Waals surface area contributed by atoms with E-state index >= 15 is 0 Å². The van der Waals surface area contributed by atoms with E-state index in [1.807, 2.05) is 42.5 Å². The van der Waals surface area contributed by atoms with E-state index in [4.69, 9.17) is 0 Å². The molecule has 0 saturated carbocycles. The first-order valence-corrected chi connectivity index (χ1v) is 9.41. The summed E-state index contributed by atoms with van der Waals surface area (Å²) in [5.41, 5.74) is 5.99. The van der Waals surface area contributed by atoms with Gasteiger partial charge in [0.15, 0.2) is 0 Å². The summed E-state index contributed by atoms with van der Waals surface area (Å²) in [6.07, 6.45) is 1.96. The average molecular weight is 456 g/mol. The number of allylic oxidation sites excluding steroid dienone is 1. The Balaban J connectivity index is 2.06. The average Bonchev–Trinajstić information content (AvgIpc) is 2.88. The van der Waals surface area contributed by atoms with Crippen LogP contribution in [0.2, 0.25) is 0 Å². The highest BCUT2D eigenvalue weighted by atomic mass is 79.9. The van der Waals surface area contributed by atoms with Crippen LogP contribution in [0.15, 0.2) is 63.5 Å². The topological polar surface area (TPSA) is 28.7 Å². The minimum absolute atomic E-state index is 0.656. The molecule has 25 heavy (non-hydrogen) atoms. The van der Waals surface area contributed by atoms with Crippen molar-refractivity contribution < 1.29 is 0 Å². The highest BCUT2D eigenvalue weighted by molar-refractivity contribution is 9.10. The predicted octanol–water partition coefficient (Wildman–Crippen LogP) is 6.68. The Morgan fingerprint density at radius 3 is 2.08 bits per heavy atom. The number of hydrogen-bond acceptors (Lipinski definition) is 1. The van der Waals surface area contributed by atoms with Crippen LogP contribution < -0.4 is 0 Å². The van der Waals surface area contributed by atoms with E-state index < -0.39 is 0 Å². The summed E-state index contributed by atoms with van der Waals surface area (Å²) in [4.78, 5) is 0. The fraction of sp³-hybridized carbons (Fsp3) is 0.0952. The third-order valence-corrected chi connectivity index (χ3v) is 5.19. The van der Waals surface area contributed by atoms with E-state index in [9.17, 15) is 5.26 Å². The molecule has 0 fully saturated rings. The fourth-order valence-electron chi connectivity index (χ4n) is 2.89. The Kier molecular flexibility index (Phi) is 5.27. The second-order valence-electron chi connectivity index (χ2n) is 5.82. The molecule has 3 aromatic rings. The van der Waals surface area contributed by atoms with Crippen LogP contribution in [-0.2, 0) is 0 Å². The van der Waals surface area contributed by atoms with Gasteiger partial charge < -0.3 is 4.57 Å². The molecular formula is C21H16Br2N2. The van der Waals surface area contributed by atoms with Crippen molar-refractivity contribution in [1.29, 1.82) is 5.26 Å². The molecule has 2 aromatic carbocycles. The molecule has 0 aliphatic carbocycles. The summed E-state index contributed by atoms with van der Waals surface area (Å²) >= 11 is 6.90. The predicted molar refractivity (Wildman–Crippen MR) is 111 cm³/mol. The number of nitrogens with zero attached hydrogens (tertiary/aromatic N) is 2. The van der Waals surface area contributed by atoms with Crippen molar-refractivity contribution in [3.05, 3.63) is 86.1 Å². The van der Waals surface area contributed by atoms with Gasteiger partial charge in [-0.05, 0) is 73.5 Å². The first-order chi connectivity index (χ1) is 12.0. The zero-order chi connectivity index (χ0) is 18.0. The molecule has 4 heteroatoms. The molecule has 0 amide bonds. The molecule has 1 heterocycles. The molecule has 124 valence electrons. The van der Waals surface area contributed by atoms with E-state index in [2.05, 4.69) is 74.5 Å². The standard InChI is InChI=1S/C21H16Br2N2/c1-14-11-17(12-18(13-24)16-3-5-19(22)6-4-16)15(2)25(14)21-9-7-20(23)8-10-21/h3-12H,1-2H3/b18-12-. The maximum atomic E-state index is 9.58. The second kappa shape index (κ2) is 7.43. The molecule has 0 spiro atoms. The number of nitriles is 1. The van der Waals surface area contributed by atoms with Crippen LogP contribution in [-0.4, -0.2) is 4.57 Å². The van der Waals surface area contributed by atoms with Gasteiger partial charge in [0.1, 0.15) is 0 Å². The number of halogens is 2. The number of rotatable bonds is 3. The SMILES string of the molecule is Cc1cc(/C=C(/C#N)c2ccc(Br)cc2)c(C)n1-c1ccc(Br)cc1. The van der Waals surface area contributed by atoms with Crippen molar-refractivity contribution >= 4 is 43.5 Å². The third kappa shape index (κ3) is 3.78. The van der Waals surface area contributed by atoms with Gasteiger partial charge in [-0.3, -0.25) is 0 Å². The molecule has 3 rings (SSSR count). The Labute approximate surface area is 164 Å². The van der Waals surface area contributed by atoms with Crippen molar-refractivity contribution in [3.63, 3.8) is 0 Å².